The van der Waals surface area contributed by atoms with Crippen molar-refractivity contribution in [1.29, 1.82) is 0 Å². The van der Waals surface area contributed by atoms with Gasteiger partial charge in [-0.2, -0.15) is 0 Å². The van der Waals surface area contributed by atoms with Gasteiger partial charge in [0, 0.05) is 6.20 Å². The molecule has 0 saturated carbocycles. The molecule has 0 bridgehead atoms. The van der Waals surface area contributed by atoms with Gasteiger partial charge in [0.15, 0.2) is 0 Å². The molecule has 1 atom stereocenters. The van der Waals surface area contributed by atoms with Gasteiger partial charge in [-0.25, -0.2) is 4.68 Å². The van der Waals surface area contributed by atoms with Gasteiger partial charge in [-0.1, -0.05) is 25.5 Å². The Bertz CT molecular complexity index is 229. The summed E-state index contributed by atoms with van der Waals surface area (Å²) in [5.41, 5.74) is 1.00. The zero-order valence-electron chi connectivity index (χ0n) is 8.12. The maximum Gasteiger partial charge on any atom is 0.0796 e. The van der Waals surface area contributed by atoms with E-state index >= 15 is 0 Å². The highest BCUT2D eigenvalue weighted by atomic mass is 15.4. The number of rotatable bonds is 4. The van der Waals surface area contributed by atoms with Crippen LogP contribution in [0, 0.1) is 6.92 Å². The average Bonchev–Trinajstić information content (AvgIpc) is 2.47. The largest absolute Gasteiger partial charge is 0.249 e. The summed E-state index contributed by atoms with van der Waals surface area (Å²) in [6, 6.07) is 0.538. The molecular formula is C9H17N3. The van der Waals surface area contributed by atoms with Gasteiger partial charge in [0.25, 0.3) is 0 Å². The van der Waals surface area contributed by atoms with Gasteiger partial charge in [-0.15, -0.1) is 5.10 Å². The Labute approximate surface area is 73.8 Å². The van der Waals surface area contributed by atoms with Crippen LogP contribution in [0.3, 0.4) is 0 Å². The molecule has 0 aliphatic carbocycles. The van der Waals surface area contributed by atoms with Gasteiger partial charge >= 0.3 is 0 Å². The van der Waals surface area contributed by atoms with Gasteiger partial charge in [-0.05, 0) is 19.8 Å². The molecule has 1 unspecified atom stereocenters. The van der Waals surface area contributed by atoms with Crippen molar-refractivity contribution >= 4 is 0 Å². The molecule has 1 aromatic heterocycles. The van der Waals surface area contributed by atoms with Crippen LogP contribution in [0.1, 0.15) is 44.8 Å². The third-order valence-corrected chi connectivity index (χ3v) is 2.09. The second kappa shape index (κ2) is 4.24. The number of nitrogens with zero attached hydrogens (tertiary/aromatic N) is 3. The van der Waals surface area contributed by atoms with Gasteiger partial charge in [0.1, 0.15) is 0 Å². The zero-order chi connectivity index (χ0) is 8.97. The summed E-state index contributed by atoms with van der Waals surface area (Å²) in [5, 5.41) is 8.05. The quantitative estimate of drug-likeness (QED) is 0.689. The molecule has 3 nitrogen and oxygen atoms in total. The number of hydrogen-bond acceptors (Lipinski definition) is 2. The molecule has 0 aliphatic rings. The Morgan fingerprint density at radius 2 is 2.25 bits per heavy atom. The van der Waals surface area contributed by atoms with E-state index in [-0.39, 0.29) is 0 Å². The van der Waals surface area contributed by atoms with Crippen LogP contribution in [0.4, 0.5) is 0 Å². The van der Waals surface area contributed by atoms with Crippen LogP contribution in [0.25, 0.3) is 0 Å². The first kappa shape index (κ1) is 9.23. The van der Waals surface area contributed by atoms with Crippen LogP contribution in [-0.2, 0) is 0 Å². The van der Waals surface area contributed by atoms with Crippen LogP contribution >= 0.6 is 0 Å². The Morgan fingerprint density at radius 1 is 1.50 bits per heavy atom. The third kappa shape index (κ3) is 2.06. The molecule has 1 rings (SSSR count). The molecule has 12 heavy (non-hydrogen) atoms. The summed E-state index contributed by atoms with van der Waals surface area (Å²) in [5.74, 6) is 0. The van der Waals surface area contributed by atoms with Crippen molar-refractivity contribution in [2.45, 2.75) is 46.1 Å². The fourth-order valence-corrected chi connectivity index (χ4v) is 1.40. The summed E-state index contributed by atoms with van der Waals surface area (Å²) in [6.07, 6.45) is 5.55. The van der Waals surface area contributed by atoms with Crippen molar-refractivity contribution in [1.82, 2.24) is 15.0 Å². The van der Waals surface area contributed by atoms with Gasteiger partial charge in [-0.3, -0.25) is 0 Å². The van der Waals surface area contributed by atoms with E-state index in [4.69, 9.17) is 0 Å². The molecule has 0 spiro atoms. The first-order valence-corrected chi connectivity index (χ1v) is 4.66. The van der Waals surface area contributed by atoms with Crippen LogP contribution < -0.4 is 0 Å². The van der Waals surface area contributed by atoms with Gasteiger partial charge in [0.05, 0.1) is 11.7 Å². The van der Waals surface area contributed by atoms with Crippen molar-refractivity contribution in [2.75, 3.05) is 0 Å². The highest BCUT2D eigenvalue weighted by molar-refractivity contribution is 4.88. The lowest BCUT2D eigenvalue weighted by atomic mass is 10.1. The molecule has 1 heterocycles. The Hall–Kier alpha value is -0.860. The Morgan fingerprint density at radius 3 is 2.67 bits per heavy atom. The molecule has 0 N–H and O–H groups in total. The molecule has 0 radical (unpaired) electrons. The van der Waals surface area contributed by atoms with Crippen LogP contribution in [0.15, 0.2) is 6.20 Å². The molecule has 68 valence electrons. The smallest absolute Gasteiger partial charge is 0.0796 e. The molecule has 1 aromatic rings. The fourth-order valence-electron chi connectivity index (χ4n) is 1.40. The standard InChI is InChI=1S/C9H17N3/c1-4-6-9(5-2)12-7-8(3)10-11-12/h7,9H,4-6H2,1-3H3. The molecule has 3 heteroatoms. The molecule has 0 amide bonds. The van der Waals surface area contributed by atoms with Crippen LogP contribution in [-0.4, -0.2) is 15.0 Å². The van der Waals surface area contributed by atoms with Crippen molar-refractivity contribution < 1.29 is 0 Å². The van der Waals surface area contributed by atoms with Crippen molar-refractivity contribution in [2.24, 2.45) is 0 Å². The Kier molecular flexibility index (Phi) is 3.26. The average molecular weight is 167 g/mol. The van der Waals surface area contributed by atoms with E-state index in [1.807, 2.05) is 17.8 Å². The lowest BCUT2D eigenvalue weighted by molar-refractivity contribution is 0.400. The van der Waals surface area contributed by atoms with Crippen molar-refractivity contribution in [3.63, 3.8) is 0 Å². The fraction of sp³-hybridized carbons (Fsp3) is 0.778. The monoisotopic (exact) mass is 167 g/mol. The van der Waals surface area contributed by atoms with Gasteiger partial charge in [0.2, 0.25) is 0 Å². The summed E-state index contributed by atoms with van der Waals surface area (Å²) < 4.78 is 1.98. The van der Waals surface area contributed by atoms with Crippen LogP contribution in [0.2, 0.25) is 0 Å². The Balaban J connectivity index is 2.66. The predicted molar refractivity (Wildman–Crippen MR) is 49.0 cm³/mol. The maximum atomic E-state index is 4.07. The lowest BCUT2D eigenvalue weighted by Gasteiger charge is -2.12. The van der Waals surface area contributed by atoms with Crippen LogP contribution in [0.5, 0.6) is 0 Å². The summed E-state index contributed by atoms with van der Waals surface area (Å²) in [6.45, 7) is 6.37. The van der Waals surface area contributed by atoms with Crippen molar-refractivity contribution in [3.05, 3.63) is 11.9 Å². The number of aryl methyl sites for hydroxylation is 1. The van der Waals surface area contributed by atoms with E-state index in [1.54, 1.807) is 0 Å². The summed E-state index contributed by atoms with van der Waals surface area (Å²) in [7, 11) is 0. The highest BCUT2D eigenvalue weighted by Crippen LogP contribution is 2.15. The van der Waals surface area contributed by atoms with E-state index in [0.29, 0.717) is 6.04 Å². The zero-order valence-corrected chi connectivity index (χ0v) is 8.12. The summed E-state index contributed by atoms with van der Waals surface area (Å²) >= 11 is 0. The lowest BCUT2D eigenvalue weighted by Crippen LogP contribution is -2.08. The highest BCUT2D eigenvalue weighted by Gasteiger charge is 2.08. The molecule has 0 aromatic carbocycles. The van der Waals surface area contributed by atoms with Gasteiger partial charge < -0.3 is 0 Å². The van der Waals surface area contributed by atoms with E-state index in [1.165, 1.54) is 12.8 Å². The number of aromatic nitrogens is 3. The first-order chi connectivity index (χ1) is 5.77. The molecule has 0 aliphatic heterocycles. The van der Waals surface area contributed by atoms with E-state index in [9.17, 15) is 0 Å². The first-order valence-electron chi connectivity index (χ1n) is 4.66. The van der Waals surface area contributed by atoms with E-state index < -0.39 is 0 Å². The maximum absolute atomic E-state index is 4.07. The molecule has 0 fully saturated rings. The molecule has 0 saturated heterocycles. The summed E-state index contributed by atoms with van der Waals surface area (Å²) in [4.78, 5) is 0. The number of hydrogen-bond donors (Lipinski definition) is 0. The normalized spacial score (nSPS) is 13.2. The van der Waals surface area contributed by atoms with E-state index in [0.717, 1.165) is 12.1 Å². The predicted octanol–water partition coefficient (Wildman–Crippen LogP) is 2.34. The topological polar surface area (TPSA) is 30.7 Å². The second-order valence-electron chi connectivity index (χ2n) is 3.19. The minimum atomic E-state index is 0.538. The van der Waals surface area contributed by atoms with Crippen molar-refractivity contribution in [3.8, 4) is 0 Å². The second-order valence-corrected chi connectivity index (χ2v) is 3.19. The SMILES string of the molecule is CCCC(CC)n1cc(C)nn1. The minimum Gasteiger partial charge on any atom is -0.249 e. The third-order valence-electron chi connectivity index (χ3n) is 2.09. The molecular weight excluding hydrogens is 150 g/mol. The van der Waals surface area contributed by atoms with E-state index in [2.05, 4.69) is 24.2 Å². The minimum absolute atomic E-state index is 0.538.